The molecule has 0 aliphatic rings. The monoisotopic (exact) mass is 738 g/mol. The highest BCUT2D eigenvalue weighted by atomic mass is 127. The van der Waals surface area contributed by atoms with Gasteiger partial charge >= 0.3 is 0 Å². The summed E-state index contributed by atoms with van der Waals surface area (Å²) in [6.07, 6.45) is 0.00688. The van der Waals surface area contributed by atoms with Gasteiger partial charge in [0.15, 0.2) is 0 Å². The number of fused-ring (bicyclic) bond motifs is 2. The van der Waals surface area contributed by atoms with Crippen molar-refractivity contribution in [1.82, 2.24) is 14.6 Å². The molecule has 1 aromatic heterocycles. The van der Waals surface area contributed by atoms with Gasteiger partial charge in [-0.15, -0.1) is 0 Å². The average Bonchev–Trinajstić information content (AvgIpc) is 3.31. The van der Waals surface area contributed by atoms with E-state index in [-0.39, 0.29) is 36.2 Å². The molecule has 234 valence electrons. The highest BCUT2D eigenvalue weighted by molar-refractivity contribution is 14.1. The second kappa shape index (κ2) is 13.6. The number of benzene rings is 4. The van der Waals surface area contributed by atoms with Gasteiger partial charge in [-0.3, -0.25) is 14.2 Å². The Morgan fingerprint density at radius 2 is 1.62 bits per heavy atom. The molecule has 0 saturated heterocycles. The molecule has 0 saturated carbocycles. The molecule has 0 radical (unpaired) electrons. The molecule has 5 rings (SSSR count). The number of carbonyl (C=O) groups excluding carboxylic acids is 2. The molecule has 4 aromatic carbocycles. The number of carbonyl (C=O) groups is 2. The van der Waals surface area contributed by atoms with Crippen molar-refractivity contribution in [3.63, 3.8) is 0 Å². The van der Waals surface area contributed by atoms with Gasteiger partial charge in [0, 0.05) is 64.7 Å². The largest absolute Gasteiger partial charge is 0.497 e. The molecule has 5 aromatic rings. The number of anilines is 1. The number of hydrogen-bond donors (Lipinski definition) is 2. The fraction of sp³-hybridized carbons (Fsp3) is 0.235. The lowest BCUT2D eigenvalue weighted by Crippen LogP contribution is -2.35. The number of hydrogen-bond acceptors (Lipinski definition) is 6. The highest BCUT2D eigenvalue weighted by Crippen LogP contribution is 2.32. The lowest BCUT2D eigenvalue weighted by Gasteiger charge is -2.17. The molecule has 0 spiro atoms. The third kappa shape index (κ3) is 6.70. The summed E-state index contributed by atoms with van der Waals surface area (Å²) in [5.41, 5.74) is 4.63. The molecule has 1 amide bonds. The summed E-state index contributed by atoms with van der Waals surface area (Å²) in [5.74, 6) is 0.134. The summed E-state index contributed by atoms with van der Waals surface area (Å²) >= 11 is 2.28. The number of nitrogens with zero attached hydrogens (tertiary/aromatic N) is 2. The molecule has 0 bridgehead atoms. The zero-order valence-corrected chi connectivity index (χ0v) is 28.5. The Bertz CT molecular complexity index is 2000. The topological polar surface area (TPSA) is 110 Å². The number of alkyl halides is 1. The van der Waals surface area contributed by atoms with Gasteiger partial charge in [0.2, 0.25) is 15.9 Å². The number of aromatic nitrogens is 1. The lowest BCUT2D eigenvalue weighted by atomic mass is 10.1. The Kier molecular flexibility index (Phi) is 9.80. The van der Waals surface area contributed by atoms with E-state index >= 15 is 0 Å². The molecule has 0 aliphatic heterocycles. The predicted molar refractivity (Wildman–Crippen MR) is 187 cm³/mol. The van der Waals surface area contributed by atoms with Gasteiger partial charge in [-0.1, -0.05) is 59.0 Å². The zero-order valence-electron chi connectivity index (χ0n) is 25.6. The van der Waals surface area contributed by atoms with E-state index in [1.165, 1.54) is 0 Å². The third-order valence-corrected chi connectivity index (χ3v) is 10.2. The number of rotatable bonds is 11. The van der Waals surface area contributed by atoms with Crippen LogP contribution in [-0.4, -0.2) is 59.1 Å². The fourth-order valence-electron chi connectivity index (χ4n) is 5.52. The van der Waals surface area contributed by atoms with Crippen molar-refractivity contribution in [3.8, 4) is 5.75 Å². The maximum absolute atomic E-state index is 13.7. The van der Waals surface area contributed by atoms with Crippen molar-refractivity contribution in [1.29, 1.82) is 0 Å². The van der Waals surface area contributed by atoms with Crippen molar-refractivity contribution in [2.24, 2.45) is 0 Å². The normalized spacial score (nSPS) is 11.6. The van der Waals surface area contributed by atoms with Crippen LogP contribution in [0.15, 0.2) is 83.8 Å². The number of amides is 1. The molecular formula is C34H35IN4O5S. The van der Waals surface area contributed by atoms with E-state index < -0.39 is 10.0 Å². The second-order valence-electron chi connectivity index (χ2n) is 10.9. The van der Waals surface area contributed by atoms with Crippen molar-refractivity contribution < 1.29 is 22.7 Å². The van der Waals surface area contributed by atoms with Crippen molar-refractivity contribution in [2.45, 2.75) is 22.7 Å². The second-order valence-corrected chi connectivity index (χ2v) is 13.4. The van der Waals surface area contributed by atoms with Crippen LogP contribution in [-0.2, 0) is 25.7 Å². The van der Waals surface area contributed by atoms with Crippen LogP contribution in [0, 0.1) is 6.92 Å². The van der Waals surface area contributed by atoms with Gasteiger partial charge in [-0.05, 0) is 60.5 Å². The zero-order chi connectivity index (χ0) is 32.3. The van der Waals surface area contributed by atoms with E-state index in [1.807, 2.05) is 80.5 Å². The Hall–Kier alpha value is -3.94. The lowest BCUT2D eigenvalue weighted by molar-refractivity contribution is -0.120. The van der Waals surface area contributed by atoms with Gasteiger partial charge in [-0.2, -0.15) is 0 Å². The predicted octanol–water partition coefficient (Wildman–Crippen LogP) is 5.44. The van der Waals surface area contributed by atoms with Crippen LogP contribution >= 0.6 is 22.6 Å². The maximum Gasteiger partial charge on any atom is 0.262 e. The van der Waals surface area contributed by atoms with Crippen LogP contribution in [0.25, 0.3) is 21.7 Å². The van der Waals surface area contributed by atoms with Crippen LogP contribution in [0.4, 0.5) is 5.69 Å². The van der Waals surface area contributed by atoms with Gasteiger partial charge < -0.3 is 15.0 Å². The summed E-state index contributed by atoms with van der Waals surface area (Å²) < 4.78 is 37.0. The maximum atomic E-state index is 13.7. The molecule has 0 fully saturated rings. The quantitative estimate of drug-likeness (QED) is 0.106. The van der Waals surface area contributed by atoms with E-state index in [2.05, 4.69) is 32.6 Å². The van der Waals surface area contributed by atoms with Crippen LogP contribution in [0.3, 0.4) is 0 Å². The van der Waals surface area contributed by atoms with Gasteiger partial charge in [-0.25, -0.2) is 13.1 Å². The van der Waals surface area contributed by atoms with E-state index in [9.17, 15) is 18.0 Å². The molecule has 9 nitrogen and oxygen atoms in total. The van der Waals surface area contributed by atoms with Gasteiger partial charge in [0.1, 0.15) is 5.75 Å². The minimum Gasteiger partial charge on any atom is -0.497 e. The molecule has 0 atom stereocenters. The Balaban J connectivity index is 1.31. The molecule has 2 N–H and O–H groups in total. The van der Waals surface area contributed by atoms with E-state index in [0.29, 0.717) is 33.5 Å². The number of nitrogens with one attached hydrogen (secondary N) is 2. The summed E-state index contributed by atoms with van der Waals surface area (Å²) in [6, 6.07) is 23.7. The Morgan fingerprint density at radius 1 is 0.911 bits per heavy atom. The first-order valence-corrected chi connectivity index (χ1v) is 17.4. The van der Waals surface area contributed by atoms with Crippen molar-refractivity contribution >= 4 is 71.8 Å². The first-order chi connectivity index (χ1) is 21.6. The van der Waals surface area contributed by atoms with Gasteiger partial charge in [0.05, 0.1) is 23.9 Å². The van der Waals surface area contributed by atoms with Crippen LogP contribution < -0.4 is 19.7 Å². The molecule has 1 heterocycles. The van der Waals surface area contributed by atoms with Crippen LogP contribution in [0.5, 0.6) is 5.75 Å². The SMILES string of the molecule is COc1ccc2c(c1)c(CC(=O)NCCNS(=O)(=O)c1cccc3c(N(C)C)cccc13)c(C)n2C(=O)c1ccc(CI)cc1. The summed E-state index contributed by atoms with van der Waals surface area (Å²) in [5, 5.41) is 5.02. The minimum atomic E-state index is -3.84. The standard InChI is InChI=1S/C34H35IN4O5S/c1-22-28(29-19-25(44-4)15-16-31(29)39(22)34(41)24-13-11-23(21-35)12-14-24)20-33(40)36-17-18-37-45(42,43)32-10-6-7-26-27(32)8-5-9-30(26)38(2)3/h5-16,19,37H,17-18,20-21H2,1-4H3,(H,36,40). The van der Waals surface area contributed by atoms with Crippen LogP contribution in [0.1, 0.15) is 27.2 Å². The molecule has 0 unspecified atom stereocenters. The Labute approximate surface area is 276 Å². The summed E-state index contributed by atoms with van der Waals surface area (Å²) in [4.78, 5) is 28.9. The van der Waals surface area contributed by atoms with E-state index in [0.717, 1.165) is 26.5 Å². The average molecular weight is 739 g/mol. The minimum absolute atomic E-state index is 0.00688. The first-order valence-electron chi connectivity index (χ1n) is 14.4. The van der Waals surface area contributed by atoms with E-state index in [4.69, 9.17) is 4.74 Å². The van der Waals surface area contributed by atoms with Crippen LogP contribution in [0.2, 0.25) is 0 Å². The third-order valence-electron chi connectivity index (χ3n) is 7.81. The molecule has 45 heavy (non-hydrogen) atoms. The van der Waals surface area contributed by atoms with Crippen molar-refractivity contribution in [3.05, 3.63) is 101 Å². The molecular weight excluding hydrogens is 703 g/mol. The van der Waals surface area contributed by atoms with E-state index in [1.54, 1.807) is 35.9 Å². The number of halogens is 1. The first kappa shape index (κ1) is 32.5. The Morgan fingerprint density at radius 3 is 2.31 bits per heavy atom. The summed E-state index contributed by atoms with van der Waals surface area (Å²) in [6.45, 7) is 1.93. The molecule has 11 heteroatoms. The number of methoxy groups -OCH3 is 1. The number of sulfonamides is 1. The van der Waals surface area contributed by atoms with Gasteiger partial charge in [0.25, 0.3) is 5.91 Å². The molecule has 0 aliphatic carbocycles. The summed E-state index contributed by atoms with van der Waals surface area (Å²) in [7, 11) is 1.55. The fourth-order valence-corrected chi connectivity index (χ4v) is 7.28. The smallest absolute Gasteiger partial charge is 0.262 e. The highest BCUT2D eigenvalue weighted by Gasteiger charge is 2.23. The van der Waals surface area contributed by atoms with Crippen molar-refractivity contribution in [2.75, 3.05) is 39.2 Å². The number of ether oxygens (including phenoxy) is 1.